The van der Waals surface area contributed by atoms with Crippen LogP contribution in [-0.4, -0.2) is 77.8 Å². The van der Waals surface area contributed by atoms with Gasteiger partial charge < -0.3 is 29.4 Å². The van der Waals surface area contributed by atoms with E-state index in [9.17, 15) is 27.6 Å². The Morgan fingerprint density at radius 1 is 0.891 bits per heavy atom. The molecule has 2 aromatic carbocycles. The van der Waals surface area contributed by atoms with E-state index in [1.165, 1.54) is 30.3 Å². The zero-order chi connectivity index (χ0) is 33.9. The Morgan fingerprint density at radius 3 is 2.30 bits per heavy atom. The van der Waals surface area contributed by atoms with E-state index in [1.54, 1.807) is 32.9 Å². The number of anilines is 1. The molecule has 0 bridgehead atoms. The number of hydrogen-bond acceptors (Lipinski definition) is 11. The fourth-order valence-corrected chi connectivity index (χ4v) is 5.25. The molecule has 14 heteroatoms. The van der Waals surface area contributed by atoms with Gasteiger partial charge in [-0.3, -0.25) is 18.6 Å². The number of carbonyl (C=O) groups is 3. The van der Waals surface area contributed by atoms with Gasteiger partial charge in [-0.05, 0) is 71.0 Å². The van der Waals surface area contributed by atoms with Crippen LogP contribution in [0.5, 0.6) is 0 Å². The zero-order valence-corrected chi connectivity index (χ0v) is 27.5. The summed E-state index contributed by atoms with van der Waals surface area (Å²) in [4.78, 5) is 51.2. The van der Waals surface area contributed by atoms with Crippen molar-refractivity contribution >= 4 is 44.6 Å². The van der Waals surface area contributed by atoms with Gasteiger partial charge in [0.25, 0.3) is 21.9 Å². The number of amides is 2. The second-order valence-corrected chi connectivity index (χ2v) is 12.7. The summed E-state index contributed by atoms with van der Waals surface area (Å²) >= 11 is 0. The van der Waals surface area contributed by atoms with Crippen LogP contribution in [0.15, 0.2) is 62.6 Å². The zero-order valence-electron chi connectivity index (χ0n) is 26.7. The van der Waals surface area contributed by atoms with E-state index in [2.05, 4.69) is 15.5 Å². The average Bonchev–Trinajstić information content (AvgIpc) is 2.99. The number of benzene rings is 2. The summed E-state index contributed by atoms with van der Waals surface area (Å²) in [6.07, 6.45) is -0.0369. The van der Waals surface area contributed by atoms with Crippen LogP contribution in [-0.2, 0) is 28.6 Å². The molecule has 0 radical (unpaired) electrons. The fourth-order valence-electron chi connectivity index (χ4n) is 4.31. The first-order chi connectivity index (χ1) is 21.7. The van der Waals surface area contributed by atoms with Gasteiger partial charge in [-0.25, -0.2) is 4.79 Å². The Kier molecular flexibility index (Phi) is 12.9. The van der Waals surface area contributed by atoms with Crippen molar-refractivity contribution in [3.63, 3.8) is 0 Å². The molecule has 0 saturated heterocycles. The maximum Gasteiger partial charge on any atom is 0.349 e. The molecule has 13 nitrogen and oxygen atoms in total. The highest BCUT2D eigenvalue weighted by molar-refractivity contribution is 7.86. The molecular weight excluding hydrogens is 618 g/mol. The normalized spacial score (nSPS) is 11.7. The van der Waals surface area contributed by atoms with E-state index in [1.807, 2.05) is 19.9 Å². The van der Waals surface area contributed by atoms with Crippen molar-refractivity contribution in [3.05, 3.63) is 70.1 Å². The van der Waals surface area contributed by atoms with Crippen LogP contribution in [0.25, 0.3) is 11.0 Å². The number of hydrogen-bond donors (Lipinski definition) is 2. The summed E-state index contributed by atoms with van der Waals surface area (Å²) in [5.41, 5.74) is -0.170. The van der Waals surface area contributed by atoms with Crippen molar-refractivity contribution in [1.29, 1.82) is 0 Å². The molecule has 3 rings (SSSR count). The van der Waals surface area contributed by atoms with Crippen molar-refractivity contribution < 1.29 is 40.9 Å². The second kappa shape index (κ2) is 16.3. The number of esters is 1. The third-order valence-corrected chi connectivity index (χ3v) is 7.82. The molecule has 1 heterocycles. The lowest BCUT2D eigenvalue weighted by atomic mass is 10.1. The van der Waals surface area contributed by atoms with E-state index >= 15 is 0 Å². The predicted molar refractivity (Wildman–Crippen MR) is 172 cm³/mol. The molecule has 0 spiro atoms. The molecule has 3 aromatic rings. The van der Waals surface area contributed by atoms with Crippen molar-refractivity contribution in [1.82, 2.24) is 10.6 Å². The minimum Gasteiger partial charge on any atom is -0.460 e. The van der Waals surface area contributed by atoms with Gasteiger partial charge in [0.05, 0.1) is 31.1 Å². The van der Waals surface area contributed by atoms with Crippen LogP contribution in [0.4, 0.5) is 5.69 Å². The number of ether oxygens (including phenoxy) is 2. The van der Waals surface area contributed by atoms with E-state index in [-0.39, 0.29) is 55.4 Å². The van der Waals surface area contributed by atoms with Crippen LogP contribution >= 0.6 is 0 Å². The Balaban J connectivity index is 1.42. The van der Waals surface area contributed by atoms with E-state index < -0.39 is 39.1 Å². The lowest BCUT2D eigenvalue weighted by molar-refractivity contribution is -0.154. The van der Waals surface area contributed by atoms with Crippen molar-refractivity contribution in [2.24, 2.45) is 0 Å². The molecule has 2 N–H and O–H groups in total. The minimum atomic E-state index is -4.20. The summed E-state index contributed by atoms with van der Waals surface area (Å²) in [6, 6.07) is 12.2. The number of carbonyl (C=O) groups excluding carboxylic acids is 3. The molecule has 0 unspecified atom stereocenters. The molecule has 0 fully saturated rings. The lowest BCUT2D eigenvalue weighted by Gasteiger charge is -2.21. The minimum absolute atomic E-state index is 0.0205. The third-order valence-electron chi connectivity index (χ3n) is 6.51. The first-order valence-electron chi connectivity index (χ1n) is 14.9. The first-order valence-corrected chi connectivity index (χ1v) is 16.3. The molecule has 0 saturated carbocycles. The quantitative estimate of drug-likeness (QED) is 0.100. The number of rotatable bonds is 16. The first kappa shape index (κ1) is 36.2. The molecule has 0 aliphatic rings. The summed E-state index contributed by atoms with van der Waals surface area (Å²) in [5.74, 6) is -1.65. The smallest absolute Gasteiger partial charge is 0.349 e. The van der Waals surface area contributed by atoms with Crippen LogP contribution in [0.1, 0.15) is 61.8 Å². The lowest BCUT2D eigenvalue weighted by Crippen LogP contribution is -2.31. The van der Waals surface area contributed by atoms with E-state index in [4.69, 9.17) is 18.1 Å². The van der Waals surface area contributed by atoms with Crippen LogP contribution in [0.3, 0.4) is 0 Å². The standard InChI is InChI=1S/C32H41N3O10S/c1-6-35(7-2)24-12-11-22-20-26(31(39)44-27(22)21-24)30(38)34-15-16-42-17-18-43-46(40,41)25-10-8-9-23(19-25)29(37)33-14-13-28(36)45-32(3,4)5/h8-12,19-21H,6-7,13-18H2,1-5H3,(H,33,37)(H,34,38). The van der Waals surface area contributed by atoms with Crippen molar-refractivity contribution in [2.75, 3.05) is 50.9 Å². The molecule has 0 aliphatic carbocycles. The van der Waals surface area contributed by atoms with Gasteiger partial charge in [0.1, 0.15) is 16.7 Å². The second-order valence-electron chi connectivity index (χ2n) is 11.1. The van der Waals surface area contributed by atoms with E-state index in [0.717, 1.165) is 18.8 Å². The van der Waals surface area contributed by atoms with Crippen LogP contribution in [0.2, 0.25) is 0 Å². The Morgan fingerprint density at radius 2 is 1.61 bits per heavy atom. The topological polar surface area (TPSA) is 171 Å². The molecule has 0 aliphatic heterocycles. The largest absolute Gasteiger partial charge is 0.460 e. The fraction of sp³-hybridized carbons (Fsp3) is 0.438. The highest BCUT2D eigenvalue weighted by Crippen LogP contribution is 2.22. The summed E-state index contributed by atoms with van der Waals surface area (Å²) in [6.45, 7) is 10.5. The molecule has 250 valence electrons. The number of fused-ring (bicyclic) bond motifs is 1. The maximum absolute atomic E-state index is 12.6. The molecular formula is C32H41N3O10S. The summed E-state index contributed by atoms with van der Waals surface area (Å²) in [5, 5.41) is 5.74. The van der Waals surface area contributed by atoms with Gasteiger partial charge in [-0.15, -0.1) is 0 Å². The Labute approximate surface area is 268 Å². The Hall–Kier alpha value is -4.27. The molecule has 0 atom stereocenters. The molecule has 46 heavy (non-hydrogen) atoms. The summed E-state index contributed by atoms with van der Waals surface area (Å²) in [7, 11) is -4.20. The van der Waals surface area contributed by atoms with Crippen LogP contribution < -0.4 is 21.2 Å². The van der Waals surface area contributed by atoms with Gasteiger partial charge >= 0.3 is 11.6 Å². The maximum atomic E-state index is 12.6. The average molecular weight is 660 g/mol. The Bertz CT molecular complexity index is 1690. The van der Waals surface area contributed by atoms with E-state index in [0.29, 0.717) is 11.0 Å². The van der Waals surface area contributed by atoms with Gasteiger partial charge in [-0.2, -0.15) is 8.42 Å². The van der Waals surface area contributed by atoms with Gasteiger partial charge in [-0.1, -0.05) is 6.07 Å². The molecule has 2 amide bonds. The van der Waals surface area contributed by atoms with Gasteiger partial charge in [0, 0.05) is 48.9 Å². The highest BCUT2D eigenvalue weighted by Gasteiger charge is 2.19. The van der Waals surface area contributed by atoms with Crippen molar-refractivity contribution in [3.8, 4) is 0 Å². The van der Waals surface area contributed by atoms with Gasteiger partial charge in [0.2, 0.25) is 0 Å². The molecule has 1 aromatic heterocycles. The third kappa shape index (κ3) is 10.7. The monoisotopic (exact) mass is 659 g/mol. The number of nitrogens with zero attached hydrogens (tertiary/aromatic N) is 1. The van der Waals surface area contributed by atoms with Crippen molar-refractivity contribution in [2.45, 2.75) is 51.5 Å². The van der Waals surface area contributed by atoms with Crippen LogP contribution in [0, 0.1) is 0 Å². The summed E-state index contributed by atoms with van der Waals surface area (Å²) < 4.78 is 46.2. The highest BCUT2D eigenvalue weighted by atomic mass is 32.2. The SMILES string of the molecule is CCN(CC)c1ccc2cc(C(=O)NCCOCCOS(=O)(=O)c3cccc(C(=O)NCCC(=O)OC(C)(C)C)c3)c(=O)oc2c1. The van der Waals surface area contributed by atoms with Gasteiger partial charge in [0.15, 0.2) is 0 Å². The number of nitrogens with one attached hydrogen (secondary N) is 2. The predicted octanol–water partition coefficient (Wildman–Crippen LogP) is 3.25.